The summed E-state index contributed by atoms with van der Waals surface area (Å²) in [4.78, 5) is 8.09. The second kappa shape index (κ2) is 7.18. The van der Waals surface area contributed by atoms with Crippen molar-refractivity contribution in [1.29, 1.82) is 0 Å². The van der Waals surface area contributed by atoms with Crippen molar-refractivity contribution in [1.82, 2.24) is 9.97 Å². The zero-order valence-corrected chi connectivity index (χ0v) is 11.2. The highest BCUT2D eigenvalue weighted by Gasteiger charge is 2.27. The highest BCUT2D eigenvalue weighted by Crippen LogP contribution is 2.22. The molecule has 0 saturated heterocycles. The van der Waals surface area contributed by atoms with Crippen molar-refractivity contribution in [3.8, 4) is 0 Å². The van der Waals surface area contributed by atoms with Crippen LogP contribution in [0.15, 0.2) is 6.33 Å². The van der Waals surface area contributed by atoms with E-state index in [1.54, 1.807) is 0 Å². The number of nitrogens with one attached hydrogen (secondary N) is 2. The van der Waals surface area contributed by atoms with Gasteiger partial charge < -0.3 is 15.7 Å². The van der Waals surface area contributed by atoms with Crippen molar-refractivity contribution in [3.05, 3.63) is 11.9 Å². The molecule has 7 heteroatoms. The standard InChI is InChI=1S/C12H20F2N4O/c1-3-5-15-10-9(4-2)11(18-8-17-10)16-6-12(13,14)7-19/h8,19H,3-7H2,1-2H3,(H2,15,16,17,18). The predicted molar refractivity (Wildman–Crippen MR) is 70.7 cm³/mol. The average molecular weight is 274 g/mol. The molecule has 0 aliphatic rings. The molecule has 5 nitrogen and oxygen atoms in total. The van der Waals surface area contributed by atoms with E-state index in [4.69, 9.17) is 5.11 Å². The summed E-state index contributed by atoms with van der Waals surface area (Å²) in [7, 11) is 0. The molecule has 0 fully saturated rings. The lowest BCUT2D eigenvalue weighted by molar-refractivity contribution is -0.0373. The molecule has 0 aromatic carbocycles. The molecule has 19 heavy (non-hydrogen) atoms. The molecule has 0 radical (unpaired) electrons. The lowest BCUT2D eigenvalue weighted by atomic mass is 10.2. The number of alkyl halides is 2. The van der Waals surface area contributed by atoms with Gasteiger partial charge in [-0.25, -0.2) is 18.7 Å². The molecule has 1 aromatic rings. The molecular weight excluding hydrogens is 254 g/mol. The Balaban J connectivity index is 2.82. The molecule has 1 rings (SSSR count). The first kappa shape index (κ1) is 15.6. The van der Waals surface area contributed by atoms with Gasteiger partial charge in [0.05, 0.1) is 6.54 Å². The third-order valence-corrected chi connectivity index (χ3v) is 2.59. The van der Waals surface area contributed by atoms with Crippen LogP contribution < -0.4 is 10.6 Å². The summed E-state index contributed by atoms with van der Waals surface area (Å²) in [5, 5.41) is 14.2. The third kappa shape index (κ3) is 4.59. The molecule has 0 spiro atoms. The Morgan fingerprint density at radius 1 is 1.21 bits per heavy atom. The summed E-state index contributed by atoms with van der Waals surface area (Å²) < 4.78 is 26.0. The number of hydrogen-bond acceptors (Lipinski definition) is 5. The van der Waals surface area contributed by atoms with Gasteiger partial charge in [-0.05, 0) is 12.8 Å². The summed E-state index contributed by atoms with van der Waals surface area (Å²) in [5.74, 6) is -2.12. The predicted octanol–water partition coefficient (Wildman–Crippen LogP) is 1.90. The minimum atomic E-state index is -3.16. The largest absolute Gasteiger partial charge is 0.390 e. The van der Waals surface area contributed by atoms with E-state index in [0.29, 0.717) is 18.1 Å². The summed E-state index contributed by atoms with van der Waals surface area (Å²) >= 11 is 0. The Morgan fingerprint density at radius 3 is 2.37 bits per heavy atom. The van der Waals surface area contributed by atoms with E-state index < -0.39 is 19.1 Å². The van der Waals surface area contributed by atoms with Gasteiger partial charge in [0, 0.05) is 12.1 Å². The van der Waals surface area contributed by atoms with Crippen LogP contribution in [0.25, 0.3) is 0 Å². The average Bonchev–Trinajstić information content (AvgIpc) is 2.42. The lowest BCUT2D eigenvalue weighted by Gasteiger charge is -2.17. The maximum atomic E-state index is 13.0. The maximum Gasteiger partial charge on any atom is 0.287 e. The third-order valence-electron chi connectivity index (χ3n) is 2.59. The number of aliphatic hydroxyl groups excluding tert-OH is 1. The van der Waals surface area contributed by atoms with Crippen LogP contribution in [0.3, 0.4) is 0 Å². The fourth-order valence-corrected chi connectivity index (χ4v) is 1.56. The van der Waals surface area contributed by atoms with Gasteiger partial charge in [0.25, 0.3) is 5.92 Å². The van der Waals surface area contributed by atoms with Crippen LogP contribution in [-0.4, -0.2) is 40.7 Å². The smallest absolute Gasteiger partial charge is 0.287 e. The number of aliphatic hydroxyl groups is 1. The van der Waals surface area contributed by atoms with Crippen LogP contribution in [-0.2, 0) is 6.42 Å². The van der Waals surface area contributed by atoms with Crippen molar-refractivity contribution < 1.29 is 13.9 Å². The first-order chi connectivity index (χ1) is 9.04. The highest BCUT2D eigenvalue weighted by molar-refractivity contribution is 5.57. The number of aromatic nitrogens is 2. The SMILES string of the molecule is CCCNc1ncnc(NCC(F)(F)CO)c1CC. The van der Waals surface area contributed by atoms with Gasteiger partial charge >= 0.3 is 0 Å². The monoisotopic (exact) mass is 274 g/mol. The Morgan fingerprint density at radius 2 is 1.84 bits per heavy atom. The van der Waals surface area contributed by atoms with E-state index in [9.17, 15) is 8.78 Å². The van der Waals surface area contributed by atoms with E-state index in [2.05, 4.69) is 20.6 Å². The molecule has 1 aromatic heterocycles. The van der Waals surface area contributed by atoms with Crippen molar-refractivity contribution in [2.75, 3.05) is 30.3 Å². The quantitative estimate of drug-likeness (QED) is 0.675. The van der Waals surface area contributed by atoms with E-state index in [1.807, 2.05) is 13.8 Å². The van der Waals surface area contributed by atoms with Gasteiger partial charge in [-0.2, -0.15) is 0 Å². The summed E-state index contributed by atoms with van der Waals surface area (Å²) in [5.41, 5.74) is 0.768. The van der Waals surface area contributed by atoms with Crippen LogP contribution >= 0.6 is 0 Å². The number of hydrogen-bond donors (Lipinski definition) is 3. The number of rotatable bonds is 8. The molecule has 108 valence electrons. The van der Waals surface area contributed by atoms with E-state index in [-0.39, 0.29) is 0 Å². The Kier molecular flexibility index (Phi) is 5.88. The minimum absolute atomic E-state index is 0.379. The number of halogens is 2. The highest BCUT2D eigenvalue weighted by atomic mass is 19.3. The summed E-state index contributed by atoms with van der Waals surface area (Å²) in [6.45, 7) is 2.86. The zero-order valence-electron chi connectivity index (χ0n) is 11.2. The number of anilines is 2. The van der Waals surface area contributed by atoms with E-state index in [0.717, 1.165) is 18.5 Å². The Hall–Kier alpha value is -1.50. The van der Waals surface area contributed by atoms with Crippen molar-refractivity contribution in [3.63, 3.8) is 0 Å². The molecule has 3 N–H and O–H groups in total. The van der Waals surface area contributed by atoms with E-state index in [1.165, 1.54) is 6.33 Å². The van der Waals surface area contributed by atoms with Crippen LogP contribution in [0.1, 0.15) is 25.8 Å². The van der Waals surface area contributed by atoms with Crippen molar-refractivity contribution in [2.24, 2.45) is 0 Å². The van der Waals surface area contributed by atoms with Gasteiger partial charge in [0.15, 0.2) is 0 Å². The second-order valence-corrected chi connectivity index (χ2v) is 4.20. The van der Waals surface area contributed by atoms with Gasteiger partial charge in [0.2, 0.25) is 0 Å². The molecular formula is C12H20F2N4O. The zero-order chi connectivity index (χ0) is 14.3. The second-order valence-electron chi connectivity index (χ2n) is 4.20. The van der Waals surface area contributed by atoms with Crippen molar-refractivity contribution >= 4 is 11.6 Å². The van der Waals surface area contributed by atoms with Gasteiger partial charge in [-0.1, -0.05) is 13.8 Å². The fourth-order valence-electron chi connectivity index (χ4n) is 1.56. The topological polar surface area (TPSA) is 70.1 Å². The first-order valence-electron chi connectivity index (χ1n) is 6.34. The molecule has 0 unspecified atom stereocenters. The first-order valence-corrected chi connectivity index (χ1v) is 6.34. The van der Waals surface area contributed by atoms with Gasteiger partial charge in [-0.15, -0.1) is 0 Å². The van der Waals surface area contributed by atoms with E-state index >= 15 is 0 Å². The molecule has 0 bridgehead atoms. The molecule has 0 saturated carbocycles. The molecule has 0 aliphatic carbocycles. The fraction of sp³-hybridized carbons (Fsp3) is 0.667. The summed E-state index contributed by atoms with van der Waals surface area (Å²) in [6, 6.07) is 0. The molecule has 1 heterocycles. The minimum Gasteiger partial charge on any atom is -0.390 e. The number of nitrogens with zero attached hydrogens (tertiary/aromatic N) is 2. The molecule has 0 aliphatic heterocycles. The van der Waals surface area contributed by atoms with Gasteiger partial charge in [-0.3, -0.25) is 0 Å². The Bertz CT molecular complexity index is 401. The van der Waals surface area contributed by atoms with Crippen LogP contribution in [0.4, 0.5) is 20.4 Å². The Labute approximate surface area is 111 Å². The van der Waals surface area contributed by atoms with Gasteiger partial charge in [0.1, 0.15) is 24.6 Å². The normalized spacial score (nSPS) is 11.4. The van der Waals surface area contributed by atoms with Crippen LogP contribution in [0, 0.1) is 0 Å². The molecule has 0 amide bonds. The van der Waals surface area contributed by atoms with Crippen LogP contribution in [0.5, 0.6) is 0 Å². The maximum absolute atomic E-state index is 13.0. The summed E-state index contributed by atoms with van der Waals surface area (Å²) in [6.07, 6.45) is 2.90. The molecule has 0 atom stereocenters. The van der Waals surface area contributed by atoms with Crippen molar-refractivity contribution in [2.45, 2.75) is 32.6 Å². The lowest BCUT2D eigenvalue weighted by Crippen LogP contribution is -2.31. The van der Waals surface area contributed by atoms with Crippen LogP contribution in [0.2, 0.25) is 0 Å².